The van der Waals surface area contributed by atoms with E-state index >= 15 is 0 Å². The minimum atomic E-state index is -0.0370. The van der Waals surface area contributed by atoms with Gasteiger partial charge in [0, 0.05) is 52.4 Å². The number of carbonyl (C=O) groups excluding carboxylic acids is 1. The number of benzene rings is 3. The van der Waals surface area contributed by atoms with E-state index in [9.17, 15) is 4.79 Å². The Kier molecular flexibility index (Phi) is 8.01. The number of nitrogens with one attached hydrogen (secondary N) is 1. The van der Waals surface area contributed by atoms with Gasteiger partial charge in [0.05, 0.1) is 0 Å². The van der Waals surface area contributed by atoms with E-state index in [2.05, 4.69) is 46.6 Å². The number of halogens is 2. The summed E-state index contributed by atoms with van der Waals surface area (Å²) in [6.07, 6.45) is 2.33. The molecule has 0 fully saturated rings. The summed E-state index contributed by atoms with van der Waals surface area (Å²) in [5.41, 5.74) is 5.72. The van der Waals surface area contributed by atoms with Crippen LogP contribution in [0.25, 0.3) is 0 Å². The lowest BCUT2D eigenvalue weighted by atomic mass is 10.0. The number of hydrogen-bond acceptors (Lipinski definition) is 3. The monoisotopic (exact) mass is 484 g/mol. The maximum Gasteiger partial charge on any atom is 0.251 e. The van der Waals surface area contributed by atoms with Gasteiger partial charge in [-0.3, -0.25) is 4.79 Å². The second kappa shape index (κ2) is 11.1. The van der Waals surface area contributed by atoms with Gasteiger partial charge in [0.2, 0.25) is 0 Å². The number of rotatable bonds is 8. The summed E-state index contributed by atoms with van der Waals surface area (Å²) < 4.78 is 0. The summed E-state index contributed by atoms with van der Waals surface area (Å²) in [5.74, 6) is 1.57. The van der Waals surface area contributed by atoms with E-state index < -0.39 is 0 Å². The van der Waals surface area contributed by atoms with E-state index in [1.54, 1.807) is 17.8 Å². The van der Waals surface area contributed by atoms with Crippen LogP contribution in [-0.2, 0) is 18.7 Å². The number of amides is 1. The van der Waals surface area contributed by atoms with Gasteiger partial charge < -0.3 is 10.2 Å². The smallest absolute Gasteiger partial charge is 0.251 e. The molecule has 4 rings (SSSR count). The van der Waals surface area contributed by atoms with Crippen molar-refractivity contribution in [1.29, 1.82) is 0 Å². The summed E-state index contributed by atoms with van der Waals surface area (Å²) in [4.78, 5) is 14.9. The van der Waals surface area contributed by atoms with Crippen molar-refractivity contribution in [1.82, 2.24) is 5.32 Å². The van der Waals surface area contributed by atoms with Crippen LogP contribution in [0, 0.1) is 0 Å². The van der Waals surface area contributed by atoms with Crippen LogP contribution in [0.3, 0.4) is 0 Å². The van der Waals surface area contributed by atoms with Gasteiger partial charge in [-0.15, -0.1) is 0 Å². The van der Waals surface area contributed by atoms with Gasteiger partial charge in [-0.2, -0.15) is 11.8 Å². The molecule has 0 saturated heterocycles. The van der Waals surface area contributed by atoms with Crippen molar-refractivity contribution in [2.75, 3.05) is 23.7 Å². The highest BCUT2D eigenvalue weighted by Crippen LogP contribution is 2.28. The lowest BCUT2D eigenvalue weighted by Gasteiger charge is -2.31. The molecule has 0 spiro atoms. The molecule has 166 valence electrons. The molecule has 0 bridgehead atoms. The lowest BCUT2D eigenvalue weighted by Crippen LogP contribution is -2.29. The molecule has 1 N–H and O–H groups in total. The van der Waals surface area contributed by atoms with Crippen molar-refractivity contribution in [3.05, 3.63) is 99.0 Å². The third kappa shape index (κ3) is 6.00. The highest BCUT2D eigenvalue weighted by Gasteiger charge is 2.16. The fraction of sp³-hybridized carbons (Fsp3) is 0.269. The van der Waals surface area contributed by atoms with E-state index in [1.165, 1.54) is 23.2 Å². The van der Waals surface area contributed by atoms with Crippen LogP contribution in [-0.4, -0.2) is 24.7 Å². The first kappa shape index (κ1) is 23.0. The number of carbonyl (C=O) groups is 1. The quantitative estimate of drug-likeness (QED) is 0.365. The average Bonchev–Trinajstić information content (AvgIpc) is 2.81. The molecule has 32 heavy (non-hydrogen) atoms. The van der Waals surface area contributed by atoms with E-state index in [4.69, 9.17) is 23.2 Å². The molecule has 0 aromatic heterocycles. The topological polar surface area (TPSA) is 32.3 Å². The minimum Gasteiger partial charge on any atom is -0.367 e. The van der Waals surface area contributed by atoms with Gasteiger partial charge in [0.25, 0.3) is 5.91 Å². The van der Waals surface area contributed by atoms with Gasteiger partial charge >= 0.3 is 0 Å². The zero-order valence-corrected chi connectivity index (χ0v) is 20.1. The van der Waals surface area contributed by atoms with Crippen LogP contribution in [0.2, 0.25) is 10.0 Å². The van der Waals surface area contributed by atoms with Crippen molar-refractivity contribution in [2.45, 2.75) is 25.1 Å². The zero-order valence-electron chi connectivity index (χ0n) is 17.8. The Morgan fingerprint density at radius 2 is 1.84 bits per heavy atom. The van der Waals surface area contributed by atoms with Crippen molar-refractivity contribution >= 4 is 46.6 Å². The Morgan fingerprint density at radius 3 is 2.66 bits per heavy atom. The van der Waals surface area contributed by atoms with E-state index in [0.29, 0.717) is 22.2 Å². The number of thioether (sulfide) groups is 1. The first-order chi connectivity index (χ1) is 15.6. The first-order valence-corrected chi connectivity index (χ1v) is 12.7. The molecule has 0 saturated carbocycles. The van der Waals surface area contributed by atoms with Crippen LogP contribution in [0.1, 0.15) is 33.5 Å². The molecule has 1 amide bonds. The van der Waals surface area contributed by atoms with Gasteiger partial charge in [-0.05, 0) is 59.9 Å². The summed E-state index contributed by atoms with van der Waals surface area (Å²) in [6.45, 7) is 2.54. The van der Waals surface area contributed by atoms with E-state index in [1.807, 2.05) is 24.3 Å². The zero-order chi connectivity index (χ0) is 22.3. The summed E-state index contributed by atoms with van der Waals surface area (Å²) in [6, 6.07) is 22.1. The summed E-state index contributed by atoms with van der Waals surface area (Å²) in [7, 11) is 0. The van der Waals surface area contributed by atoms with Crippen LogP contribution in [0.4, 0.5) is 5.69 Å². The number of nitrogens with zero attached hydrogens (tertiary/aromatic N) is 1. The minimum absolute atomic E-state index is 0.0370. The van der Waals surface area contributed by atoms with Crippen LogP contribution in [0.5, 0.6) is 0 Å². The third-order valence-corrected chi connectivity index (χ3v) is 7.20. The molecule has 0 radical (unpaired) electrons. The molecular weight excluding hydrogens is 459 g/mol. The highest BCUT2D eigenvalue weighted by atomic mass is 35.5. The van der Waals surface area contributed by atoms with Gasteiger partial charge in [0.1, 0.15) is 0 Å². The lowest BCUT2D eigenvalue weighted by molar-refractivity contribution is 0.0956. The van der Waals surface area contributed by atoms with Gasteiger partial charge in [-0.25, -0.2) is 0 Å². The van der Waals surface area contributed by atoms with E-state index in [-0.39, 0.29) is 5.91 Å². The third-order valence-electron chi connectivity index (χ3n) is 5.60. The molecule has 1 aliphatic rings. The molecule has 6 heteroatoms. The second-order valence-corrected chi connectivity index (χ2v) is 9.84. The Labute approximate surface area is 204 Å². The molecule has 0 atom stereocenters. The Balaban J connectivity index is 1.23. The Hall–Kier alpha value is -2.14. The predicted octanol–water partition coefficient (Wildman–Crippen LogP) is 6.61. The summed E-state index contributed by atoms with van der Waals surface area (Å²) in [5, 5.41) is 4.32. The largest absolute Gasteiger partial charge is 0.367 e. The first-order valence-electron chi connectivity index (χ1n) is 10.8. The average molecular weight is 485 g/mol. The van der Waals surface area contributed by atoms with Crippen LogP contribution in [0.15, 0.2) is 66.7 Å². The standard InChI is InChI=1S/C26H26Cl2N2OS/c27-23-12-11-22(24(28)16-23)18-32-15-13-29-26(31)21-9-7-19(8-10-21)17-30-14-3-5-20-4-1-2-6-25(20)30/h1-2,4,6-12,16H,3,5,13-15,17-18H2,(H,29,31). The molecule has 1 aliphatic heterocycles. The van der Waals surface area contributed by atoms with Crippen LogP contribution < -0.4 is 10.2 Å². The van der Waals surface area contributed by atoms with E-state index in [0.717, 1.165) is 36.6 Å². The fourth-order valence-corrected chi connectivity index (χ4v) is 5.33. The molecule has 3 aromatic rings. The van der Waals surface area contributed by atoms with Crippen molar-refractivity contribution in [3.8, 4) is 0 Å². The summed E-state index contributed by atoms with van der Waals surface area (Å²) >= 11 is 13.9. The van der Waals surface area contributed by atoms with Crippen molar-refractivity contribution < 1.29 is 4.79 Å². The number of para-hydroxylation sites is 1. The number of hydrogen-bond donors (Lipinski definition) is 1. The van der Waals surface area contributed by atoms with Crippen molar-refractivity contribution in [2.24, 2.45) is 0 Å². The Morgan fingerprint density at radius 1 is 1.03 bits per heavy atom. The normalized spacial score (nSPS) is 13.0. The predicted molar refractivity (Wildman–Crippen MR) is 137 cm³/mol. The number of anilines is 1. The molecule has 1 heterocycles. The maximum atomic E-state index is 12.5. The van der Waals surface area contributed by atoms with Gasteiger partial charge in [-0.1, -0.05) is 59.6 Å². The number of aryl methyl sites for hydroxylation is 1. The fourth-order valence-electron chi connectivity index (χ4n) is 3.92. The maximum absolute atomic E-state index is 12.5. The molecule has 0 unspecified atom stereocenters. The SMILES string of the molecule is O=C(NCCSCc1ccc(Cl)cc1Cl)c1ccc(CN2CCCc3ccccc32)cc1. The van der Waals surface area contributed by atoms with Crippen LogP contribution >= 0.6 is 35.0 Å². The molecule has 3 nitrogen and oxygen atoms in total. The van der Waals surface area contributed by atoms with Gasteiger partial charge in [0.15, 0.2) is 0 Å². The molecular formula is C26H26Cl2N2OS. The second-order valence-electron chi connectivity index (χ2n) is 7.89. The highest BCUT2D eigenvalue weighted by molar-refractivity contribution is 7.98. The Bertz CT molecular complexity index is 1070. The molecule has 3 aromatic carbocycles. The van der Waals surface area contributed by atoms with Crippen molar-refractivity contribution in [3.63, 3.8) is 0 Å². The number of fused-ring (bicyclic) bond motifs is 1. The molecule has 0 aliphatic carbocycles.